The highest BCUT2D eigenvalue weighted by molar-refractivity contribution is 7.80. The van der Waals surface area contributed by atoms with Gasteiger partial charge < -0.3 is 10.5 Å². The summed E-state index contributed by atoms with van der Waals surface area (Å²) in [5.74, 6) is 0. The van der Waals surface area contributed by atoms with Crippen LogP contribution in [-0.4, -0.2) is 65.8 Å². The molecular weight excluding hydrogens is 282 g/mol. The van der Waals surface area contributed by atoms with Gasteiger partial charge in [-0.05, 0) is 25.7 Å². The quantitative estimate of drug-likeness (QED) is 0.802. The van der Waals surface area contributed by atoms with E-state index in [1.807, 2.05) is 0 Å². The Morgan fingerprint density at radius 3 is 2.38 bits per heavy atom. The molecule has 1 spiro atoms. The van der Waals surface area contributed by atoms with E-state index >= 15 is 0 Å². The molecule has 2 N–H and O–H groups in total. The van der Waals surface area contributed by atoms with Crippen LogP contribution in [0.2, 0.25) is 0 Å². The van der Waals surface area contributed by atoms with E-state index in [0.29, 0.717) is 11.1 Å². The van der Waals surface area contributed by atoms with Gasteiger partial charge in [-0.2, -0.15) is 0 Å². The zero-order valence-electron chi connectivity index (χ0n) is 13.1. The van der Waals surface area contributed by atoms with Crippen LogP contribution in [0.25, 0.3) is 0 Å². The molecule has 0 bridgehead atoms. The van der Waals surface area contributed by atoms with E-state index in [9.17, 15) is 0 Å². The van der Waals surface area contributed by atoms with Gasteiger partial charge in [0.2, 0.25) is 0 Å². The Hall–Kier alpha value is -0.230. The number of nitrogens with zero attached hydrogens (tertiary/aromatic N) is 2. The largest absolute Gasteiger partial charge is 0.392 e. The highest BCUT2D eigenvalue weighted by atomic mass is 32.1. The number of nitrogens with two attached hydrogens (primary N) is 1. The first-order chi connectivity index (χ1) is 10.2. The van der Waals surface area contributed by atoms with Crippen LogP contribution in [0.3, 0.4) is 0 Å². The molecule has 0 aromatic heterocycles. The van der Waals surface area contributed by atoms with Crippen molar-refractivity contribution < 1.29 is 4.74 Å². The Morgan fingerprint density at radius 2 is 1.71 bits per heavy atom. The summed E-state index contributed by atoms with van der Waals surface area (Å²) in [5.41, 5.74) is 5.89. The van der Waals surface area contributed by atoms with Crippen molar-refractivity contribution in [3.63, 3.8) is 0 Å². The summed E-state index contributed by atoms with van der Waals surface area (Å²) in [6, 6.07) is 0. The number of rotatable bonds is 4. The van der Waals surface area contributed by atoms with Gasteiger partial charge in [-0.25, -0.2) is 0 Å². The smallest absolute Gasteiger partial charge is 0.0870 e. The average molecular weight is 311 g/mol. The molecule has 3 rings (SSSR count). The maximum atomic E-state index is 6.49. The fourth-order valence-corrected chi connectivity index (χ4v) is 4.41. The third-order valence-corrected chi connectivity index (χ3v) is 5.54. The Bertz CT molecular complexity index is 363. The SMILES string of the molecule is NC(=S)CN1CCN(CC2CCC3(CCCCC3)O2)CC1. The third kappa shape index (κ3) is 4.15. The summed E-state index contributed by atoms with van der Waals surface area (Å²) in [7, 11) is 0. The molecule has 1 aliphatic carbocycles. The van der Waals surface area contributed by atoms with Crippen molar-refractivity contribution in [2.75, 3.05) is 39.3 Å². The van der Waals surface area contributed by atoms with Gasteiger partial charge in [0.05, 0.1) is 16.7 Å². The van der Waals surface area contributed by atoms with Crippen molar-refractivity contribution in [3.05, 3.63) is 0 Å². The Morgan fingerprint density at radius 1 is 1.05 bits per heavy atom. The Kier molecular flexibility index (Phi) is 5.15. The summed E-state index contributed by atoms with van der Waals surface area (Å²) in [4.78, 5) is 5.53. The van der Waals surface area contributed by atoms with Gasteiger partial charge in [-0.15, -0.1) is 0 Å². The first-order valence-corrected chi connectivity index (χ1v) is 8.97. The standard InChI is InChI=1S/C16H29N3OS/c17-15(21)13-19-10-8-18(9-11-19)12-14-4-7-16(20-14)5-2-1-3-6-16/h14H,1-13H2,(H2,17,21). The minimum absolute atomic E-state index is 0.260. The van der Waals surface area contributed by atoms with Gasteiger partial charge in [-0.1, -0.05) is 31.5 Å². The molecule has 1 atom stereocenters. The molecule has 0 amide bonds. The molecular formula is C16H29N3OS. The lowest BCUT2D eigenvalue weighted by molar-refractivity contribution is -0.0740. The van der Waals surface area contributed by atoms with Gasteiger partial charge in [0, 0.05) is 39.3 Å². The molecule has 3 aliphatic rings. The van der Waals surface area contributed by atoms with Crippen molar-refractivity contribution in [1.82, 2.24) is 9.80 Å². The second-order valence-corrected chi connectivity index (χ2v) is 7.59. The molecule has 5 heteroatoms. The Labute approximate surface area is 134 Å². The maximum absolute atomic E-state index is 6.49. The van der Waals surface area contributed by atoms with Crippen LogP contribution in [-0.2, 0) is 4.74 Å². The molecule has 2 heterocycles. The predicted octanol–water partition coefficient (Wildman–Crippen LogP) is 1.77. The third-order valence-electron chi connectivity index (χ3n) is 5.41. The zero-order chi connectivity index (χ0) is 14.7. The zero-order valence-corrected chi connectivity index (χ0v) is 13.9. The lowest BCUT2D eigenvalue weighted by atomic mass is 9.83. The summed E-state index contributed by atoms with van der Waals surface area (Å²) in [6.45, 7) is 6.28. The topological polar surface area (TPSA) is 41.7 Å². The first-order valence-electron chi connectivity index (χ1n) is 8.56. The van der Waals surface area contributed by atoms with Crippen LogP contribution >= 0.6 is 12.2 Å². The van der Waals surface area contributed by atoms with Crippen LogP contribution < -0.4 is 5.73 Å². The highest BCUT2D eigenvalue weighted by Gasteiger charge is 2.41. The molecule has 1 saturated carbocycles. The molecule has 21 heavy (non-hydrogen) atoms. The van der Waals surface area contributed by atoms with E-state index < -0.39 is 0 Å². The number of ether oxygens (including phenoxy) is 1. The summed E-state index contributed by atoms with van der Waals surface area (Å²) in [6.07, 6.45) is 9.74. The van der Waals surface area contributed by atoms with E-state index in [1.54, 1.807) is 0 Å². The minimum Gasteiger partial charge on any atom is -0.392 e. The number of thiocarbonyl (C=S) groups is 1. The molecule has 120 valence electrons. The number of hydrogen-bond acceptors (Lipinski definition) is 4. The predicted molar refractivity (Wildman–Crippen MR) is 89.6 cm³/mol. The van der Waals surface area contributed by atoms with Gasteiger partial charge in [0.1, 0.15) is 0 Å². The Balaban J connectivity index is 1.41. The molecule has 1 unspecified atom stereocenters. The van der Waals surface area contributed by atoms with Crippen molar-refractivity contribution in [1.29, 1.82) is 0 Å². The number of piperazine rings is 1. The molecule has 2 saturated heterocycles. The van der Waals surface area contributed by atoms with Crippen LogP contribution in [0.5, 0.6) is 0 Å². The first kappa shape index (κ1) is 15.7. The van der Waals surface area contributed by atoms with Crippen molar-refractivity contribution in [3.8, 4) is 0 Å². The summed E-state index contributed by atoms with van der Waals surface area (Å²) < 4.78 is 6.49. The fourth-order valence-electron chi connectivity index (χ4n) is 4.23. The van der Waals surface area contributed by atoms with Crippen LogP contribution in [0.4, 0.5) is 0 Å². The van der Waals surface area contributed by atoms with Gasteiger partial charge in [0.25, 0.3) is 0 Å². The van der Waals surface area contributed by atoms with Crippen LogP contribution in [0.1, 0.15) is 44.9 Å². The minimum atomic E-state index is 0.260. The number of hydrogen-bond donors (Lipinski definition) is 1. The molecule has 0 aromatic carbocycles. The van der Waals surface area contributed by atoms with Crippen molar-refractivity contribution in [2.24, 2.45) is 5.73 Å². The lowest BCUT2D eigenvalue weighted by Gasteiger charge is -2.37. The average Bonchev–Trinajstić information content (AvgIpc) is 2.84. The fraction of sp³-hybridized carbons (Fsp3) is 0.938. The second kappa shape index (κ2) is 6.90. The van der Waals surface area contributed by atoms with Crippen molar-refractivity contribution >= 4 is 17.2 Å². The van der Waals surface area contributed by atoms with Crippen LogP contribution in [0, 0.1) is 0 Å². The van der Waals surface area contributed by atoms with Crippen LogP contribution in [0.15, 0.2) is 0 Å². The molecule has 2 aliphatic heterocycles. The van der Waals surface area contributed by atoms with E-state index in [0.717, 1.165) is 39.3 Å². The van der Waals surface area contributed by atoms with E-state index in [-0.39, 0.29) is 5.60 Å². The second-order valence-electron chi connectivity index (χ2n) is 7.07. The molecule has 0 radical (unpaired) electrons. The van der Waals surface area contributed by atoms with Gasteiger partial charge >= 0.3 is 0 Å². The molecule has 0 aromatic rings. The van der Waals surface area contributed by atoms with E-state index in [4.69, 9.17) is 22.7 Å². The van der Waals surface area contributed by atoms with Gasteiger partial charge in [0.15, 0.2) is 0 Å². The maximum Gasteiger partial charge on any atom is 0.0870 e. The summed E-state index contributed by atoms with van der Waals surface area (Å²) in [5, 5.41) is 0. The van der Waals surface area contributed by atoms with E-state index in [2.05, 4.69) is 9.80 Å². The molecule has 4 nitrogen and oxygen atoms in total. The molecule has 3 fully saturated rings. The monoisotopic (exact) mass is 311 g/mol. The van der Waals surface area contributed by atoms with Gasteiger partial charge in [-0.3, -0.25) is 9.80 Å². The van der Waals surface area contributed by atoms with Crippen molar-refractivity contribution in [2.45, 2.75) is 56.7 Å². The summed E-state index contributed by atoms with van der Waals surface area (Å²) >= 11 is 4.99. The normalized spacial score (nSPS) is 30.8. The highest BCUT2D eigenvalue weighted by Crippen LogP contribution is 2.42. The van der Waals surface area contributed by atoms with E-state index in [1.165, 1.54) is 44.9 Å². The lowest BCUT2D eigenvalue weighted by Crippen LogP contribution is -2.50.